The topological polar surface area (TPSA) is 110 Å². The van der Waals surface area contributed by atoms with Gasteiger partial charge in [-0.15, -0.1) is 0 Å². The first-order valence-corrected chi connectivity index (χ1v) is 13.6. The number of hydrogen-bond acceptors (Lipinski definition) is 7. The number of alkyl halides is 3. The number of aryl methyl sites for hydroxylation is 1. The Bertz CT molecular complexity index is 1600. The Balaban J connectivity index is 1.29. The van der Waals surface area contributed by atoms with E-state index in [1.807, 2.05) is 19.9 Å². The average Bonchev–Trinajstić information content (AvgIpc) is 3.40. The van der Waals surface area contributed by atoms with E-state index in [9.17, 15) is 22.8 Å². The van der Waals surface area contributed by atoms with Crippen LogP contribution in [0.1, 0.15) is 55.6 Å². The molecule has 222 valence electrons. The van der Waals surface area contributed by atoms with Crippen LogP contribution in [0.4, 0.5) is 13.2 Å². The average molecular weight is 585 g/mol. The summed E-state index contributed by atoms with van der Waals surface area (Å²) in [6, 6.07) is 9.85. The predicted octanol–water partition coefficient (Wildman–Crippen LogP) is 4.57. The van der Waals surface area contributed by atoms with E-state index >= 15 is 0 Å². The minimum absolute atomic E-state index is 0.0397. The SMILES string of the molecule is COc1cc(C2=NNC(=O)CC2C)ccc1OCCCN1N=C(c2ccc(C)n3nc(C(F)(F)F)cc23)C(C)CC1=O. The molecule has 1 aromatic carbocycles. The van der Waals surface area contributed by atoms with Crippen molar-refractivity contribution >= 4 is 28.8 Å². The highest BCUT2D eigenvalue weighted by molar-refractivity contribution is 6.10. The van der Waals surface area contributed by atoms with Crippen LogP contribution in [0.2, 0.25) is 0 Å². The molecule has 13 heteroatoms. The zero-order valence-corrected chi connectivity index (χ0v) is 23.7. The number of ether oxygens (including phenoxy) is 2. The van der Waals surface area contributed by atoms with Gasteiger partial charge >= 0.3 is 6.18 Å². The summed E-state index contributed by atoms with van der Waals surface area (Å²) in [5, 5.41) is 13.9. The minimum Gasteiger partial charge on any atom is -0.493 e. The van der Waals surface area contributed by atoms with Crippen LogP contribution in [0.15, 0.2) is 46.6 Å². The normalized spacial score (nSPS) is 19.5. The van der Waals surface area contributed by atoms with Crippen molar-refractivity contribution in [2.75, 3.05) is 20.3 Å². The predicted molar refractivity (Wildman–Crippen MR) is 149 cm³/mol. The van der Waals surface area contributed by atoms with Crippen molar-refractivity contribution in [3.05, 3.63) is 58.9 Å². The molecule has 42 heavy (non-hydrogen) atoms. The molecule has 2 unspecified atom stereocenters. The molecule has 0 spiro atoms. The molecule has 0 bridgehead atoms. The second-order valence-corrected chi connectivity index (χ2v) is 10.5. The Morgan fingerprint density at radius 3 is 2.50 bits per heavy atom. The fourth-order valence-electron chi connectivity index (χ4n) is 5.14. The van der Waals surface area contributed by atoms with Crippen LogP contribution in [0, 0.1) is 18.8 Å². The molecule has 2 amide bonds. The van der Waals surface area contributed by atoms with Crippen molar-refractivity contribution < 1.29 is 32.2 Å². The Morgan fingerprint density at radius 2 is 1.79 bits per heavy atom. The van der Waals surface area contributed by atoms with E-state index in [1.54, 1.807) is 31.2 Å². The first-order chi connectivity index (χ1) is 20.0. The largest absolute Gasteiger partial charge is 0.493 e. The van der Waals surface area contributed by atoms with E-state index in [-0.39, 0.29) is 48.7 Å². The molecule has 3 aromatic rings. The van der Waals surface area contributed by atoms with Gasteiger partial charge in [0.2, 0.25) is 11.8 Å². The molecule has 5 rings (SSSR count). The summed E-state index contributed by atoms with van der Waals surface area (Å²) < 4.78 is 52.9. The number of aromatic nitrogens is 2. The molecule has 0 saturated heterocycles. The van der Waals surface area contributed by atoms with Crippen molar-refractivity contribution in [2.24, 2.45) is 22.0 Å². The van der Waals surface area contributed by atoms with E-state index in [0.717, 1.165) is 17.3 Å². The number of fused-ring (bicyclic) bond motifs is 1. The van der Waals surface area contributed by atoms with E-state index in [0.29, 0.717) is 41.3 Å². The number of methoxy groups -OCH3 is 1. The van der Waals surface area contributed by atoms with Crippen molar-refractivity contribution in [3.8, 4) is 11.5 Å². The van der Waals surface area contributed by atoms with Gasteiger partial charge in [-0.3, -0.25) is 9.59 Å². The molecule has 0 aliphatic carbocycles. The Labute approximate surface area is 240 Å². The van der Waals surface area contributed by atoms with Gasteiger partial charge < -0.3 is 9.47 Å². The van der Waals surface area contributed by atoms with E-state index in [2.05, 4.69) is 20.7 Å². The lowest BCUT2D eigenvalue weighted by Crippen LogP contribution is -2.37. The number of hydrogen-bond donors (Lipinski definition) is 1. The third-order valence-corrected chi connectivity index (χ3v) is 7.33. The van der Waals surface area contributed by atoms with Crippen molar-refractivity contribution in [1.82, 2.24) is 20.0 Å². The number of carbonyl (C=O) groups is 2. The zero-order chi connectivity index (χ0) is 30.2. The molecule has 1 N–H and O–H groups in total. The smallest absolute Gasteiger partial charge is 0.435 e. The van der Waals surface area contributed by atoms with Gasteiger partial charge in [0, 0.05) is 54.5 Å². The second kappa shape index (κ2) is 11.5. The molecule has 0 saturated carbocycles. The van der Waals surface area contributed by atoms with Crippen LogP contribution in [-0.4, -0.2) is 58.1 Å². The number of halogens is 3. The fourth-order valence-corrected chi connectivity index (χ4v) is 5.14. The second-order valence-electron chi connectivity index (χ2n) is 10.5. The molecule has 2 aliphatic heterocycles. The quantitative estimate of drug-likeness (QED) is 0.390. The highest BCUT2D eigenvalue weighted by Crippen LogP contribution is 2.32. The third-order valence-electron chi connectivity index (χ3n) is 7.33. The van der Waals surface area contributed by atoms with Crippen LogP contribution in [-0.2, 0) is 15.8 Å². The zero-order valence-electron chi connectivity index (χ0n) is 23.7. The number of carbonyl (C=O) groups excluding carboxylic acids is 2. The highest BCUT2D eigenvalue weighted by Gasteiger charge is 2.35. The van der Waals surface area contributed by atoms with Gasteiger partial charge in [0.25, 0.3) is 0 Å². The number of rotatable bonds is 8. The van der Waals surface area contributed by atoms with E-state index in [1.165, 1.54) is 16.6 Å². The molecular weight excluding hydrogens is 553 g/mol. The lowest BCUT2D eigenvalue weighted by molar-refractivity contribution is -0.141. The third kappa shape index (κ3) is 5.81. The van der Waals surface area contributed by atoms with E-state index < -0.39 is 11.9 Å². The van der Waals surface area contributed by atoms with Gasteiger partial charge in [0.05, 0.1) is 30.7 Å². The first kappa shape index (κ1) is 29.1. The summed E-state index contributed by atoms with van der Waals surface area (Å²) in [5.74, 6) is 0.400. The van der Waals surface area contributed by atoms with Gasteiger partial charge in [-0.05, 0) is 43.3 Å². The number of amides is 2. The molecule has 0 fully saturated rings. The Morgan fingerprint density at radius 1 is 1.02 bits per heavy atom. The standard InChI is InChI=1S/C29H31F3N6O4/c1-16-12-25(39)33-34-27(16)19-7-9-22(23(14-19)41-4)42-11-5-10-37-26(40)13-17(2)28(36-37)20-8-6-18(3)38-21(20)15-24(35-38)29(30,31)32/h6-9,14-17H,5,10-13H2,1-4H3,(H,33,39). The maximum atomic E-state index is 13.4. The van der Waals surface area contributed by atoms with Crippen molar-refractivity contribution in [3.63, 3.8) is 0 Å². The number of benzene rings is 1. The molecule has 4 heterocycles. The monoisotopic (exact) mass is 584 g/mol. The maximum absolute atomic E-state index is 13.4. The molecule has 2 aromatic heterocycles. The maximum Gasteiger partial charge on any atom is 0.435 e. The number of hydrazone groups is 2. The number of nitrogens with one attached hydrogen (secondary N) is 1. The van der Waals surface area contributed by atoms with Crippen molar-refractivity contribution in [1.29, 1.82) is 0 Å². The highest BCUT2D eigenvalue weighted by atomic mass is 19.4. The van der Waals surface area contributed by atoms with Gasteiger partial charge in [-0.2, -0.15) is 28.5 Å². The fraction of sp³-hybridized carbons (Fsp3) is 0.414. The summed E-state index contributed by atoms with van der Waals surface area (Å²) >= 11 is 0. The lowest BCUT2D eigenvalue weighted by Gasteiger charge is -2.28. The van der Waals surface area contributed by atoms with Gasteiger partial charge in [0.15, 0.2) is 17.2 Å². The van der Waals surface area contributed by atoms with Crippen molar-refractivity contribution in [2.45, 2.75) is 46.2 Å². The van der Waals surface area contributed by atoms with Crippen LogP contribution < -0.4 is 14.9 Å². The van der Waals surface area contributed by atoms with Gasteiger partial charge in [0.1, 0.15) is 0 Å². The molecule has 2 aliphatic rings. The van der Waals surface area contributed by atoms with E-state index in [4.69, 9.17) is 9.47 Å². The van der Waals surface area contributed by atoms with Gasteiger partial charge in [-0.25, -0.2) is 15.0 Å². The summed E-state index contributed by atoms with van der Waals surface area (Å²) in [5.41, 5.74) is 4.97. The summed E-state index contributed by atoms with van der Waals surface area (Å²) in [6.45, 7) is 5.97. The molecule has 2 atom stereocenters. The molecule has 0 radical (unpaired) electrons. The lowest BCUT2D eigenvalue weighted by atomic mass is 9.93. The Hall–Kier alpha value is -4.42. The van der Waals surface area contributed by atoms with Crippen LogP contribution in [0.3, 0.4) is 0 Å². The summed E-state index contributed by atoms with van der Waals surface area (Å²) in [6.07, 6.45) is -3.60. The summed E-state index contributed by atoms with van der Waals surface area (Å²) in [4.78, 5) is 24.4. The minimum atomic E-state index is -4.58. The molecular formula is C29H31F3N6O4. The molecule has 10 nitrogen and oxygen atoms in total. The first-order valence-electron chi connectivity index (χ1n) is 13.6. The number of pyridine rings is 1. The van der Waals surface area contributed by atoms with Gasteiger partial charge in [-0.1, -0.05) is 13.8 Å². The Kier molecular flexibility index (Phi) is 7.93. The van der Waals surface area contributed by atoms with Crippen LogP contribution in [0.5, 0.6) is 11.5 Å². The van der Waals surface area contributed by atoms with Crippen LogP contribution in [0.25, 0.3) is 5.52 Å². The summed E-state index contributed by atoms with van der Waals surface area (Å²) in [7, 11) is 1.53. The number of nitrogens with zero attached hydrogens (tertiary/aromatic N) is 5. The van der Waals surface area contributed by atoms with Crippen LogP contribution >= 0.6 is 0 Å².